The Labute approximate surface area is 116 Å². The molecule has 4 nitrogen and oxygen atoms in total. The van der Waals surface area contributed by atoms with Crippen LogP contribution in [-0.4, -0.2) is 54.9 Å². The molecular formula is C13H21F3N2O2. The van der Waals surface area contributed by atoms with E-state index in [9.17, 15) is 18.0 Å². The number of carbonyl (C=O) groups is 1. The lowest BCUT2D eigenvalue weighted by Crippen LogP contribution is -2.57. The first-order chi connectivity index (χ1) is 9.19. The normalized spacial score (nSPS) is 31.1. The van der Waals surface area contributed by atoms with Crippen molar-refractivity contribution in [2.45, 2.75) is 44.5 Å². The van der Waals surface area contributed by atoms with Crippen molar-refractivity contribution in [1.29, 1.82) is 0 Å². The van der Waals surface area contributed by atoms with Gasteiger partial charge in [-0.05, 0) is 26.7 Å². The van der Waals surface area contributed by atoms with Gasteiger partial charge in [0, 0.05) is 19.6 Å². The van der Waals surface area contributed by atoms with Crippen LogP contribution < -0.4 is 5.32 Å². The number of piperidine rings is 1. The van der Waals surface area contributed by atoms with E-state index in [4.69, 9.17) is 4.74 Å². The summed E-state index contributed by atoms with van der Waals surface area (Å²) in [5.74, 6) is -1.45. The molecule has 1 N–H and O–H groups in total. The number of carbonyl (C=O) groups excluding carboxylic acids is 1. The first kappa shape index (κ1) is 15.6. The number of halogens is 3. The Morgan fingerprint density at radius 3 is 2.55 bits per heavy atom. The van der Waals surface area contributed by atoms with Crippen molar-refractivity contribution >= 4 is 5.91 Å². The highest BCUT2D eigenvalue weighted by molar-refractivity contribution is 5.82. The molecule has 0 bridgehead atoms. The highest BCUT2D eigenvalue weighted by Gasteiger charge is 2.43. The van der Waals surface area contributed by atoms with E-state index in [2.05, 4.69) is 5.32 Å². The number of nitrogens with one attached hydrogen (secondary N) is 1. The number of alkyl halides is 3. The van der Waals surface area contributed by atoms with Crippen molar-refractivity contribution < 1.29 is 22.7 Å². The predicted molar refractivity (Wildman–Crippen MR) is 67.2 cm³/mol. The van der Waals surface area contributed by atoms with Gasteiger partial charge in [-0.15, -0.1) is 0 Å². The third-order valence-corrected chi connectivity index (χ3v) is 3.91. The lowest BCUT2D eigenvalue weighted by atomic mass is 9.93. The topological polar surface area (TPSA) is 41.6 Å². The van der Waals surface area contributed by atoms with Gasteiger partial charge in [0.05, 0.1) is 24.2 Å². The van der Waals surface area contributed by atoms with Crippen molar-refractivity contribution in [3.63, 3.8) is 0 Å². The first-order valence-electron chi connectivity index (χ1n) is 6.92. The van der Waals surface area contributed by atoms with Gasteiger partial charge >= 0.3 is 6.18 Å². The van der Waals surface area contributed by atoms with Crippen LogP contribution in [0.3, 0.4) is 0 Å². The Morgan fingerprint density at radius 1 is 1.35 bits per heavy atom. The summed E-state index contributed by atoms with van der Waals surface area (Å²) in [6, 6.07) is -0.498. The molecule has 2 aliphatic heterocycles. The van der Waals surface area contributed by atoms with E-state index in [1.165, 1.54) is 0 Å². The number of nitrogens with zero attached hydrogens (tertiary/aromatic N) is 1. The monoisotopic (exact) mass is 294 g/mol. The molecule has 2 heterocycles. The van der Waals surface area contributed by atoms with E-state index in [0.29, 0.717) is 19.7 Å². The SMILES string of the molecule is CC1(C)CN(C(=O)C2CCC(C(F)(F)F)CN2)CCO1. The zero-order valence-electron chi connectivity index (χ0n) is 11.8. The van der Waals surface area contributed by atoms with Crippen LogP contribution in [0.25, 0.3) is 0 Å². The molecule has 0 saturated carbocycles. The highest BCUT2D eigenvalue weighted by Crippen LogP contribution is 2.32. The predicted octanol–water partition coefficient (Wildman–Crippen LogP) is 1.55. The summed E-state index contributed by atoms with van der Waals surface area (Å²) in [6.45, 7) is 5.08. The van der Waals surface area contributed by atoms with Crippen LogP contribution in [0.5, 0.6) is 0 Å². The minimum absolute atomic E-state index is 0.0145. The summed E-state index contributed by atoms with van der Waals surface area (Å²) >= 11 is 0. The molecule has 2 saturated heterocycles. The minimum atomic E-state index is -4.18. The van der Waals surface area contributed by atoms with Gasteiger partial charge in [-0.3, -0.25) is 4.79 Å². The Hall–Kier alpha value is -0.820. The number of amides is 1. The number of rotatable bonds is 1. The van der Waals surface area contributed by atoms with Crippen LogP contribution in [0, 0.1) is 5.92 Å². The molecule has 7 heteroatoms. The molecule has 0 aliphatic carbocycles. The lowest BCUT2D eigenvalue weighted by molar-refractivity contribution is -0.181. The lowest BCUT2D eigenvalue weighted by Gasteiger charge is -2.40. The molecule has 0 aromatic heterocycles. The molecule has 0 aromatic carbocycles. The summed E-state index contributed by atoms with van der Waals surface area (Å²) in [5.41, 5.74) is -0.392. The van der Waals surface area contributed by atoms with Gasteiger partial charge < -0.3 is 15.0 Å². The fraction of sp³-hybridized carbons (Fsp3) is 0.923. The minimum Gasteiger partial charge on any atom is -0.372 e. The Kier molecular flexibility index (Phi) is 4.30. The van der Waals surface area contributed by atoms with E-state index in [-0.39, 0.29) is 25.3 Å². The average Bonchev–Trinajstić information content (AvgIpc) is 2.36. The van der Waals surface area contributed by atoms with Crippen LogP contribution in [-0.2, 0) is 9.53 Å². The van der Waals surface area contributed by atoms with Gasteiger partial charge in [0.15, 0.2) is 0 Å². The maximum atomic E-state index is 12.6. The van der Waals surface area contributed by atoms with E-state index >= 15 is 0 Å². The van der Waals surface area contributed by atoms with E-state index < -0.39 is 23.7 Å². The van der Waals surface area contributed by atoms with Crippen molar-refractivity contribution in [2.75, 3.05) is 26.2 Å². The molecule has 2 fully saturated rings. The molecule has 0 aromatic rings. The third-order valence-electron chi connectivity index (χ3n) is 3.91. The van der Waals surface area contributed by atoms with Gasteiger partial charge in [-0.25, -0.2) is 0 Å². The summed E-state index contributed by atoms with van der Waals surface area (Å²) in [5, 5.41) is 2.75. The van der Waals surface area contributed by atoms with Crippen molar-refractivity contribution in [1.82, 2.24) is 10.2 Å². The number of ether oxygens (including phenoxy) is 1. The molecule has 20 heavy (non-hydrogen) atoms. The largest absolute Gasteiger partial charge is 0.393 e. The van der Waals surface area contributed by atoms with Crippen molar-refractivity contribution in [2.24, 2.45) is 5.92 Å². The molecule has 0 spiro atoms. The molecule has 2 aliphatic rings. The van der Waals surface area contributed by atoms with Crippen molar-refractivity contribution in [3.05, 3.63) is 0 Å². The molecule has 2 atom stereocenters. The molecule has 0 radical (unpaired) electrons. The van der Waals surface area contributed by atoms with Crippen LogP contribution in [0.2, 0.25) is 0 Å². The zero-order chi connectivity index (χ0) is 15.0. The second-order valence-electron chi connectivity index (χ2n) is 6.14. The molecule has 2 unspecified atom stereocenters. The molecule has 1 amide bonds. The zero-order valence-corrected chi connectivity index (χ0v) is 11.8. The van der Waals surface area contributed by atoms with Crippen LogP contribution in [0.1, 0.15) is 26.7 Å². The maximum absolute atomic E-state index is 12.6. The van der Waals surface area contributed by atoms with Crippen molar-refractivity contribution in [3.8, 4) is 0 Å². The van der Waals surface area contributed by atoms with Gasteiger partial charge in [0.25, 0.3) is 0 Å². The van der Waals surface area contributed by atoms with Gasteiger partial charge in [0.1, 0.15) is 0 Å². The van der Waals surface area contributed by atoms with Crippen LogP contribution >= 0.6 is 0 Å². The quantitative estimate of drug-likeness (QED) is 0.798. The van der Waals surface area contributed by atoms with Gasteiger partial charge in [-0.1, -0.05) is 0 Å². The van der Waals surface area contributed by atoms with Crippen LogP contribution in [0.15, 0.2) is 0 Å². The summed E-state index contributed by atoms with van der Waals surface area (Å²) in [6.07, 6.45) is -3.93. The third kappa shape index (κ3) is 3.63. The fourth-order valence-corrected chi connectivity index (χ4v) is 2.77. The maximum Gasteiger partial charge on any atom is 0.393 e. The average molecular weight is 294 g/mol. The Morgan fingerprint density at radius 2 is 2.05 bits per heavy atom. The second kappa shape index (κ2) is 5.52. The standard InChI is InChI=1S/C13H21F3N2O2/c1-12(2)8-18(5-6-20-12)11(19)10-4-3-9(7-17-10)13(14,15)16/h9-10,17H,3-8H2,1-2H3. The summed E-state index contributed by atoms with van der Waals surface area (Å²) in [7, 11) is 0. The van der Waals surface area contributed by atoms with E-state index in [0.717, 1.165) is 0 Å². The molecular weight excluding hydrogens is 273 g/mol. The van der Waals surface area contributed by atoms with Gasteiger partial charge in [-0.2, -0.15) is 13.2 Å². The highest BCUT2D eigenvalue weighted by atomic mass is 19.4. The Balaban J connectivity index is 1.89. The second-order valence-corrected chi connectivity index (χ2v) is 6.14. The molecule has 2 rings (SSSR count). The summed E-state index contributed by atoms with van der Waals surface area (Å²) in [4.78, 5) is 14.0. The van der Waals surface area contributed by atoms with E-state index in [1.807, 2.05) is 13.8 Å². The smallest absolute Gasteiger partial charge is 0.372 e. The first-order valence-corrected chi connectivity index (χ1v) is 6.92. The van der Waals surface area contributed by atoms with Gasteiger partial charge in [0.2, 0.25) is 5.91 Å². The number of hydrogen-bond acceptors (Lipinski definition) is 3. The van der Waals surface area contributed by atoms with Crippen LogP contribution in [0.4, 0.5) is 13.2 Å². The molecule has 116 valence electrons. The fourth-order valence-electron chi connectivity index (χ4n) is 2.77. The number of morpholine rings is 1. The number of hydrogen-bond donors (Lipinski definition) is 1. The van der Waals surface area contributed by atoms with E-state index in [1.54, 1.807) is 4.90 Å². The Bertz CT molecular complexity index is 363. The summed E-state index contributed by atoms with van der Waals surface area (Å²) < 4.78 is 43.3.